The number of aromatic nitrogens is 1. The van der Waals surface area contributed by atoms with Gasteiger partial charge in [-0.15, -0.1) is 24.0 Å². The topological polar surface area (TPSA) is 62.5 Å². The monoisotopic (exact) mass is 380 g/mol. The average molecular weight is 380 g/mol. The number of hydrogen-bond donors (Lipinski definition) is 2. The minimum atomic E-state index is 0. The average Bonchev–Trinajstić information content (AvgIpc) is 2.85. The van der Waals surface area contributed by atoms with Gasteiger partial charge in [0.15, 0.2) is 11.7 Å². The molecule has 0 saturated carbocycles. The number of guanidine groups is 1. The zero-order chi connectivity index (χ0) is 13.4. The van der Waals surface area contributed by atoms with Crippen LogP contribution in [0.5, 0.6) is 0 Å². The summed E-state index contributed by atoms with van der Waals surface area (Å²) in [5.41, 5.74) is 1.05. The SMILES string of the molecule is CCNC(=NC)NCc1cc(C(CC)CC)no1.I. The Kier molecular flexibility index (Phi) is 9.63. The zero-order valence-electron chi connectivity index (χ0n) is 12.2. The number of nitrogens with zero attached hydrogens (tertiary/aromatic N) is 2. The summed E-state index contributed by atoms with van der Waals surface area (Å²) < 4.78 is 5.33. The van der Waals surface area contributed by atoms with Crippen molar-refractivity contribution in [3.8, 4) is 0 Å². The van der Waals surface area contributed by atoms with Crippen molar-refractivity contribution >= 4 is 29.9 Å². The minimum absolute atomic E-state index is 0. The summed E-state index contributed by atoms with van der Waals surface area (Å²) in [6.45, 7) is 7.83. The van der Waals surface area contributed by atoms with Crippen LogP contribution in [0.3, 0.4) is 0 Å². The van der Waals surface area contributed by atoms with Gasteiger partial charge in [-0.05, 0) is 19.8 Å². The molecule has 0 aliphatic rings. The van der Waals surface area contributed by atoms with Crippen LogP contribution in [0, 0.1) is 0 Å². The van der Waals surface area contributed by atoms with E-state index in [4.69, 9.17) is 4.52 Å². The molecule has 1 heterocycles. The maximum Gasteiger partial charge on any atom is 0.191 e. The molecule has 1 aromatic heterocycles. The molecular formula is C13H25IN4O. The van der Waals surface area contributed by atoms with E-state index in [0.717, 1.165) is 36.8 Å². The molecule has 0 fully saturated rings. The van der Waals surface area contributed by atoms with Crippen molar-refractivity contribution in [2.45, 2.75) is 46.1 Å². The minimum Gasteiger partial charge on any atom is -0.359 e. The lowest BCUT2D eigenvalue weighted by molar-refractivity contribution is 0.368. The molecule has 0 amide bonds. The fourth-order valence-corrected chi connectivity index (χ4v) is 1.87. The second-order valence-electron chi connectivity index (χ2n) is 4.19. The molecule has 110 valence electrons. The summed E-state index contributed by atoms with van der Waals surface area (Å²) in [4.78, 5) is 4.10. The van der Waals surface area contributed by atoms with Crippen LogP contribution >= 0.6 is 24.0 Å². The van der Waals surface area contributed by atoms with Crippen LogP contribution in [-0.2, 0) is 6.54 Å². The maximum absolute atomic E-state index is 5.33. The quantitative estimate of drug-likeness (QED) is 0.453. The highest BCUT2D eigenvalue weighted by Gasteiger charge is 2.12. The van der Waals surface area contributed by atoms with Crippen molar-refractivity contribution in [1.82, 2.24) is 15.8 Å². The van der Waals surface area contributed by atoms with Crippen LogP contribution in [-0.4, -0.2) is 24.7 Å². The van der Waals surface area contributed by atoms with E-state index < -0.39 is 0 Å². The van der Waals surface area contributed by atoms with Crippen LogP contribution in [0.15, 0.2) is 15.6 Å². The van der Waals surface area contributed by atoms with Gasteiger partial charge in [0.2, 0.25) is 0 Å². The van der Waals surface area contributed by atoms with Gasteiger partial charge < -0.3 is 15.2 Å². The molecule has 2 N–H and O–H groups in total. The molecule has 19 heavy (non-hydrogen) atoms. The van der Waals surface area contributed by atoms with Gasteiger partial charge in [-0.25, -0.2) is 0 Å². The molecule has 0 spiro atoms. The molecule has 6 heteroatoms. The fraction of sp³-hybridized carbons (Fsp3) is 0.692. The van der Waals surface area contributed by atoms with E-state index in [1.54, 1.807) is 7.05 Å². The largest absolute Gasteiger partial charge is 0.359 e. The first-order valence-electron chi connectivity index (χ1n) is 6.65. The van der Waals surface area contributed by atoms with Gasteiger partial charge in [-0.1, -0.05) is 19.0 Å². The summed E-state index contributed by atoms with van der Waals surface area (Å²) in [5, 5.41) is 10.4. The second kappa shape index (κ2) is 10.1. The molecule has 5 nitrogen and oxygen atoms in total. The maximum atomic E-state index is 5.33. The highest BCUT2D eigenvalue weighted by molar-refractivity contribution is 14.0. The van der Waals surface area contributed by atoms with Crippen LogP contribution in [0.1, 0.15) is 51.0 Å². The predicted octanol–water partition coefficient (Wildman–Crippen LogP) is 2.88. The lowest BCUT2D eigenvalue weighted by Crippen LogP contribution is -2.36. The normalized spacial score (nSPS) is 11.3. The Morgan fingerprint density at radius 2 is 2.00 bits per heavy atom. The first-order chi connectivity index (χ1) is 8.74. The molecule has 0 unspecified atom stereocenters. The van der Waals surface area contributed by atoms with Crippen LogP contribution in [0.2, 0.25) is 0 Å². The lowest BCUT2D eigenvalue weighted by Gasteiger charge is -2.08. The van der Waals surface area contributed by atoms with Crippen molar-refractivity contribution in [1.29, 1.82) is 0 Å². The van der Waals surface area contributed by atoms with Gasteiger partial charge >= 0.3 is 0 Å². The van der Waals surface area contributed by atoms with Crippen molar-refractivity contribution in [3.05, 3.63) is 17.5 Å². The molecule has 0 radical (unpaired) electrons. The van der Waals surface area contributed by atoms with Crippen molar-refractivity contribution in [2.24, 2.45) is 4.99 Å². The first-order valence-corrected chi connectivity index (χ1v) is 6.65. The van der Waals surface area contributed by atoms with Crippen molar-refractivity contribution in [3.63, 3.8) is 0 Å². The first kappa shape index (κ1) is 18.2. The molecule has 1 rings (SSSR count). The van der Waals surface area contributed by atoms with Crippen LogP contribution in [0.25, 0.3) is 0 Å². The van der Waals surface area contributed by atoms with Crippen molar-refractivity contribution < 1.29 is 4.52 Å². The standard InChI is InChI=1S/C13H24N4O.HI/c1-5-10(6-2)12-8-11(18-17-12)9-16-13(14-4)15-7-3;/h8,10H,5-7,9H2,1-4H3,(H2,14,15,16);1H. The van der Waals surface area contributed by atoms with Gasteiger partial charge in [-0.2, -0.15) is 0 Å². The van der Waals surface area contributed by atoms with Gasteiger partial charge in [0.1, 0.15) is 0 Å². The Morgan fingerprint density at radius 3 is 2.53 bits per heavy atom. The molecule has 0 aromatic carbocycles. The van der Waals surface area contributed by atoms with Gasteiger partial charge in [0.25, 0.3) is 0 Å². The third kappa shape index (κ3) is 5.80. The second-order valence-corrected chi connectivity index (χ2v) is 4.19. The summed E-state index contributed by atoms with van der Waals surface area (Å²) >= 11 is 0. The third-order valence-corrected chi connectivity index (χ3v) is 2.98. The van der Waals surface area contributed by atoms with E-state index in [1.807, 2.05) is 13.0 Å². The molecule has 1 aromatic rings. The van der Waals surface area contributed by atoms with E-state index in [9.17, 15) is 0 Å². The van der Waals surface area contributed by atoms with Gasteiger partial charge in [0.05, 0.1) is 12.2 Å². The summed E-state index contributed by atoms with van der Waals surface area (Å²) in [6.07, 6.45) is 2.18. The number of rotatable bonds is 6. The highest BCUT2D eigenvalue weighted by atomic mass is 127. The van der Waals surface area contributed by atoms with Crippen LogP contribution < -0.4 is 10.6 Å². The summed E-state index contributed by atoms with van der Waals surface area (Å²) in [6, 6.07) is 2.03. The number of aliphatic imine (C=N–C) groups is 1. The van der Waals surface area contributed by atoms with E-state index in [-0.39, 0.29) is 24.0 Å². The zero-order valence-corrected chi connectivity index (χ0v) is 14.5. The summed E-state index contributed by atoms with van der Waals surface area (Å²) in [7, 11) is 1.75. The number of halogens is 1. The van der Waals surface area contributed by atoms with E-state index in [1.165, 1.54) is 0 Å². The Hall–Kier alpha value is -0.790. The highest BCUT2D eigenvalue weighted by Crippen LogP contribution is 2.22. The fourth-order valence-electron chi connectivity index (χ4n) is 1.87. The number of nitrogens with one attached hydrogen (secondary N) is 2. The van der Waals surface area contributed by atoms with Gasteiger partial charge in [-0.3, -0.25) is 4.99 Å². The Bertz CT molecular complexity index is 374. The van der Waals surface area contributed by atoms with E-state index in [0.29, 0.717) is 12.5 Å². The molecule has 0 aliphatic carbocycles. The molecule has 0 saturated heterocycles. The molecule has 0 atom stereocenters. The smallest absolute Gasteiger partial charge is 0.191 e. The van der Waals surface area contributed by atoms with Crippen molar-refractivity contribution in [2.75, 3.05) is 13.6 Å². The Balaban J connectivity index is 0.00000324. The van der Waals surface area contributed by atoms with E-state index >= 15 is 0 Å². The Labute approximate surface area is 132 Å². The number of hydrogen-bond acceptors (Lipinski definition) is 3. The van der Waals surface area contributed by atoms with Crippen LogP contribution in [0.4, 0.5) is 0 Å². The van der Waals surface area contributed by atoms with Gasteiger partial charge in [0, 0.05) is 25.6 Å². The van der Waals surface area contributed by atoms with E-state index in [2.05, 4.69) is 34.6 Å². The predicted molar refractivity (Wildman–Crippen MR) is 89.1 cm³/mol. The molecule has 0 aliphatic heterocycles. The Morgan fingerprint density at radius 1 is 1.32 bits per heavy atom. The summed E-state index contributed by atoms with van der Waals surface area (Å²) in [5.74, 6) is 2.12. The molecular weight excluding hydrogens is 355 g/mol. The third-order valence-electron chi connectivity index (χ3n) is 2.98. The molecule has 0 bridgehead atoms. The lowest BCUT2D eigenvalue weighted by atomic mass is 9.99.